The van der Waals surface area contributed by atoms with Crippen molar-refractivity contribution < 1.29 is 4.92 Å². The Morgan fingerprint density at radius 1 is 0.443 bits per heavy atom. The SMILES string of the molecule is CC(C)CC(C)C.CC(C)CC1=CC=CC1.CC(C)CC1CCCCC1.CC(C)CC1CCN(CCCN2CCCCC2)CC1.CC(C)CC1CCN(Cc2ccccc2)CC1.CC(C)Cc1ccc(Cl)cc1.CC(C)Cc1ccc(Cl)nc1.CC(C)Cc1ccc([N+](=O)[O-])cc1. The second-order valence-corrected chi connectivity index (χ2v) is 33.9. The van der Waals surface area contributed by atoms with Crippen molar-refractivity contribution in [2.24, 2.45) is 71.0 Å². The van der Waals surface area contributed by atoms with Crippen LogP contribution in [0.25, 0.3) is 0 Å². The number of non-ortho nitro benzene ring substituents is 1. The molecule has 9 heteroatoms. The first-order valence-corrected chi connectivity index (χ1v) is 40.0. The molecule has 97 heavy (non-hydrogen) atoms. The van der Waals surface area contributed by atoms with Gasteiger partial charge in [0.1, 0.15) is 5.15 Å². The lowest BCUT2D eigenvalue weighted by atomic mass is 9.84. The van der Waals surface area contributed by atoms with Gasteiger partial charge in [-0.15, -0.1) is 0 Å². The number of nitrogens with zero attached hydrogens (tertiary/aromatic N) is 5. The second kappa shape index (κ2) is 53.9. The summed E-state index contributed by atoms with van der Waals surface area (Å²) in [5.41, 5.74) is 6.97. The number of aromatic nitrogens is 1. The van der Waals surface area contributed by atoms with E-state index in [4.69, 9.17) is 23.2 Å². The fourth-order valence-corrected chi connectivity index (χ4v) is 14.5. The summed E-state index contributed by atoms with van der Waals surface area (Å²) in [6.45, 7) is 52.6. The predicted octanol–water partition coefficient (Wildman–Crippen LogP) is 26.1. The minimum atomic E-state index is -0.376. The molecule has 4 heterocycles. The lowest BCUT2D eigenvalue weighted by Crippen LogP contribution is -2.37. The smallest absolute Gasteiger partial charge is 0.269 e. The molecule has 0 radical (unpaired) electrons. The van der Waals surface area contributed by atoms with Gasteiger partial charge in [0.15, 0.2) is 0 Å². The molecule has 5 aliphatic rings. The zero-order chi connectivity index (χ0) is 71.9. The number of nitro benzene ring substituents is 1. The van der Waals surface area contributed by atoms with Gasteiger partial charge in [-0.3, -0.25) is 15.0 Å². The van der Waals surface area contributed by atoms with Gasteiger partial charge < -0.3 is 9.80 Å². The summed E-state index contributed by atoms with van der Waals surface area (Å²) in [4.78, 5) is 21.9. The molecule has 4 aromatic rings. The molecule has 2 aliphatic carbocycles. The number of rotatable bonds is 23. The minimum absolute atomic E-state index is 0.160. The summed E-state index contributed by atoms with van der Waals surface area (Å²) in [6.07, 6.45) is 38.7. The molecule has 7 nitrogen and oxygen atoms in total. The Balaban J connectivity index is 0.000000384. The number of halogens is 2. The predicted molar refractivity (Wildman–Crippen MR) is 428 cm³/mol. The van der Waals surface area contributed by atoms with Crippen LogP contribution in [-0.2, 0) is 25.8 Å². The summed E-state index contributed by atoms with van der Waals surface area (Å²) in [7, 11) is 0. The number of hydrogen-bond donors (Lipinski definition) is 0. The second-order valence-electron chi connectivity index (χ2n) is 33.1. The Kier molecular flexibility index (Phi) is 49.6. The van der Waals surface area contributed by atoms with Crippen molar-refractivity contribution in [1.82, 2.24) is 19.7 Å². The van der Waals surface area contributed by atoms with Crippen molar-refractivity contribution in [2.45, 2.75) is 272 Å². The fraction of sp³-hybridized carbons (Fsp3) is 0.693. The fourth-order valence-electron chi connectivity index (χ4n) is 14.2. The van der Waals surface area contributed by atoms with Crippen molar-refractivity contribution in [1.29, 1.82) is 0 Å². The molecule has 0 unspecified atom stereocenters. The van der Waals surface area contributed by atoms with Crippen LogP contribution in [0.15, 0.2) is 121 Å². The number of hydrogen-bond acceptors (Lipinski definition) is 6. The number of likely N-dealkylation sites (tertiary alicyclic amines) is 3. The van der Waals surface area contributed by atoms with Crippen LogP contribution in [0.1, 0.15) is 269 Å². The Morgan fingerprint density at radius 3 is 1.27 bits per heavy atom. The monoisotopic (exact) mass is 1380 g/mol. The molecule has 4 fully saturated rings. The van der Waals surface area contributed by atoms with Gasteiger partial charge in [-0.2, -0.15) is 0 Å². The minimum Gasteiger partial charge on any atom is -0.303 e. The summed E-state index contributed by atoms with van der Waals surface area (Å²) in [5.74, 6) is 10.3. The van der Waals surface area contributed by atoms with Crippen molar-refractivity contribution in [3.63, 3.8) is 0 Å². The van der Waals surface area contributed by atoms with E-state index in [0.29, 0.717) is 17.0 Å². The largest absolute Gasteiger partial charge is 0.303 e. The number of allylic oxidation sites excluding steroid dienone is 4. The average Bonchev–Trinajstić information content (AvgIpc) is 1.91. The Morgan fingerprint density at radius 2 is 0.866 bits per heavy atom. The number of benzene rings is 3. The molecule has 3 saturated heterocycles. The zero-order valence-electron chi connectivity index (χ0n) is 65.6. The van der Waals surface area contributed by atoms with E-state index in [1.165, 1.54) is 191 Å². The van der Waals surface area contributed by atoms with E-state index in [2.05, 4.69) is 205 Å². The highest BCUT2D eigenvalue weighted by atomic mass is 35.5. The molecule has 1 aromatic heterocycles. The Bertz CT molecular complexity index is 2490. The first-order valence-electron chi connectivity index (χ1n) is 39.3. The van der Waals surface area contributed by atoms with Crippen LogP contribution in [0, 0.1) is 81.1 Å². The lowest BCUT2D eigenvalue weighted by molar-refractivity contribution is -0.384. The van der Waals surface area contributed by atoms with Crippen molar-refractivity contribution in [3.05, 3.63) is 164 Å². The summed E-state index contributed by atoms with van der Waals surface area (Å²) >= 11 is 11.4. The van der Waals surface area contributed by atoms with Crippen molar-refractivity contribution in [2.75, 3.05) is 52.4 Å². The third-order valence-corrected chi connectivity index (χ3v) is 18.9. The van der Waals surface area contributed by atoms with E-state index >= 15 is 0 Å². The molecular weight excluding hydrogens is 1230 g/mol. The third kappa shape index (κ3) is 49.4. The number of piperidine rings is 3. The van der Waals surface area contributed by atoms with Crippen LogP contribution in [0.5, 0.6) is 0 Å². The van der Waals surface area contributed by atoms with Crippen LogP contribution < -0.4 is 0 Å². The molecule has 3 aromatic carbocycles. The molecule has 0 atom stereocenters. The van der Waals surface area contributed by atoms with E-state index < -0.39 is 0 Å². The van der Waals surface area contributed by atoms with Gasteiger partial charge in [-0.05, 0) is 267 Å². The third-order valence-electron chi connectivity index (χ3n) is 18.4. The Hall–Kier alpha value is -3.85. The molecule has 3 aliphatic heterocycles. The van der Waals surface area contributed by atoms with Crippen molar-refractivity contribution in [3.8, 4) is 0 Å². The molecule has 0 spiro atoms. The van der Waals surface area contributed by atoms with E-state index in [1.807, 2.05) is 42.6 Å². The van der Waals surface area contributed by atoms with Crippen LogP contribution in [0.4, 0.5) is 5.69 Å². The number of pyridine rings is 1. The van der Waals surface area contributed by atoms with Gasteiger partial charge in [0.05, 0.1) is 4.92 Å². The maximum atomic E-state index is 10.3. The average molecular weight is 1380 g/mol. The molecule has 1 saturated carbocycles. The van der Waals surface area contributed by atoms with Gasteiger partial charge in [0.25, 0.3) is 5.69 Å². The van der Waals surface area contributed by atoms with Gasteiger partial charge in [0, 0.05) is 29.9 Å². The van der Waals surface area contributed by atoms with Gasteiger partial charge >= 0.3 is 0 Å². The van der Waals surface area contributed by atoms with Gasteiger partial charge in [0.2, 0.25) is 0 Å². The zero-order valence-corrected chi connectivity index (χ0v) is 67.1. The molecule has 550 valence electrons. The maximum absolute atomic E-state index is 10.3. The quantitative estimate of drug-likeness (QED) is 0.0419. The molecule has 0 amide bonds. The molecule has 0 bridgehead atoms. The first kappa shape index (κ1) is 89.2. The molecular formula is C88H147Cl2N5O2. The van der Waals surface area contributed by atoms with Gasteiger partial charge in [-0.25, -0.2) is 4.98 Å². The highest BCUT2D eigenvalue weighted by Gasteiger charge is 2.22. The van der Waals surface area contributed by atoms with Gasteiger partial charge in [-0.1, -0.05) is 271 Å². The maximum Gasteiger partial charge on any atom is 0.269 e. The van der Waals surface area contributed by atoms with E-state index in [1.54, 1.807) is 17.7 Å². The standard InChI is InChI=1S/C17H34N2.C16H25N.C10H13Cl.C10H13NO2.C10H20.C9H12ClN.C9H14.C7H16/c1-16(2)15-17-7-13-19(14-8-17)12-6-11-18-9-4-3-5-10-18;1-14(2)12-15-8-10-17(11-9-15)13-16-6-4-3-5-7-16;1-8(2)7-9-3-5-10(11)6-4-9;1-8(2)7-9-3-5-10(6-4-9)11(12)13;1-9(2)8-10-6-4-3-5-7-10;1-7(2)5-8-3-4-9(10)11-6-8;1-8(2)7-9-5-3-4-6-9;1-6(2)5-7(3)4/h16-17H,3-15H2,1-2H3;3-7,14-15H,8-13H2,1-2H3;3-6,8H,7H2,1-2H3;3-6,8H,7H2,1-2H3;9-10H,3-8H2,1-2H3;3-4,6-7H,5H2,1-2H3;3-5,8H,6-7H2,1-2H3;6-7H,5H2,1-4H3. The lowest BCUT2D eigenvalue weighted by Gasteiger charge is -2.33. The normalized spacial score (nSPS) is 16.4. The van der Waals surface area contributed by atoms with E-state index in [-0.39, 0.29) is 10.6 Å². The highest BCUT2D eigenvalue weighted by Crippen LogP contribution is 2.30. The number of nitro groups is 1. The van der Waals surface area contributed by atoms with Crippen LogP contribution in [0.2, 0.25) is 10.2 Å². The molecule has 0 N–H and O–H groups in total. The summed E-state index contributed by atoms with van der Waals surface area (Å²) < 4.78 is 0. The van der Waals surface area contributed by atoms with Crippen LogP contribution in [0.3, 0.4) is 0 Å². The Labute approximate surface area is 609 Å². The van der Waals surface area contributed by atoms with Crippen molar-refractivity contribution >= 4 is 28.9 Å². The topological polar surface area (TPSA) is 65.8 Å². The first-order chi connectivity index (χ1) is 46.1. The highest BCUT2D eigenvalue weighted by molar-refractivity contribution is 6.30. The van der Waals surface area contributed by atoms with Crippen LogP contribution >= 0.6 is 23.2 Å². The van der Waals surface area contributed by atoms with E-state index in [0.717, 1.165) is 95.6 Å². The summed E-state index contributed by atoms with van der Waals surface area (Å²) in [5, 5.41) is 11.7. The molecule has 9 rings (SSSR count). The summed E-state index contributed by atoms with van der Waals surface area (Å²) in [6, 6.07) is 29.5. The van der Waals surface area contributed by atoms with E-state index in [9.17, 15) is 10.1 Å². The van der Waals surface area contributed by atoms with Crippen LogP contribution in [-0.4, -0.2) is 77.0 Å².